The molecule has 1 unspecified atom stereocenters. The standard InChI is InChI=1S/C23H23N7O4/c1-14(2)20(32)25-17-9-7-15(8-10-17)19(31)12-29-21(33)23(3,26-22(29)34)16-5-4-6-18(11-16)30-13-24-27-28-30/h4-11,13-14H,12H2,1-3H3,(H,25,32)(H,26,34). The molecule has 1 aromatic heterocycles. The molecular formula is C23H23N7O4. The summed E-state index contributed by atoms with van der Waals surface area (Å²) in [4.78, 5) is 51.4. The van der Waals surface area contributed by atoms with Crippen molar-refractivity contribution in [3.8, 4) is 5.69 Å². The lowest BCUT2D eigenvalue weighted by Gasteiger charge is -2.22. The van der Waals surface area contributed by atoms with E-state index in [0.717, 1.165) is 4.90 Å². The zero-order chi connectivity index (χ0) is 24.5. The number of rotatable bonds is 7. The molecule has 0 spiro atoms. The summed E-state index contributed by atoms with van der Waals surface area (Å²) in [5.74, 6) is -1.26. The topological polar surface area (TPSA) is 139 Å². The van der Waals surface area contributed by atoms with Crippen LogP contribution in [0.15, 0.2) is 54.9 Å². The maximum absolute atomic E-state index is 13.2. The number of amides is 4. The van der Waals surface area contributed by atoms with Crippen molar-refractivity contribution in [3.63, 3.8) is 0 Å². The summed E-state index contributed by atoms with van der Waals surface area (Å²) < 4.78 is 1.43. The number of imide groups is 1. The summed E-state index contributed by atoms with van der Waals surface area (Å²) in [5, 5.41) is 16.5. The van der Waals surface area contributed by atoms with Gasteiger partial charge in [0.2, 0.25) is 5.91 Å². The van der Waals surface area contributed by atoms with Crippen LogP contribution in [0.4, 0.5) is 10.5 Å². The zero-order valence-electron chi connectivity index (χ0n) is 18.8. The molecule has 0 aliphatic carbocycles. The summed E-state index contributed by atoms with van der Waals surface area (Å²) in [6, 6.07) is 12.5. The van der Waals surface area contributed by atoms with Crippen LogP contribution in [0.3, 0.4) is 0 Å². The summed E-state index contributed by atoms with van der Waals surface area (Å²) in [5.41, 5.74) is 0.661. The maximum Gasteiger partial charge on any atom is 0.325 e. The van der Waals surface area contributed by atoms with Crippen LogP contribution in [0.1, 0.15) is 36.7 Å². The molecule has 11 nitrogen and oxygen atoms in total. The second-order valence-electron chi connectivity index (χ2n) is 8.40. The lowest BCUT2D eigenvalue weighted by molar-refractivity contribution is -0.130. The number of hydrogen-bond acceptors (Lipinski definition) is 7. The molecule has 1 fully saturated rings. The predicted molar refractivity (Wildman–Crippen MR) is 121 cm³/mol. The molecule has 2 N–H and O–H groups in total. The van der Waals surface area contributed by atoms with Crippen LogP contribution in [-0.2, 0) is 15.1 Å². The van der Waals surface area contributed by atoms with Gasteiger partial charge in [0.25, 0.3) is 5.91 Å². The molecule has 34 heavy (non-hydrogen) atoms. The van der Waals surface area contributed by atoms with Gasteiger partial charge in [0.05, 0.1) is 12.2 Å². The van der Waals surface area contributed by atoms with Gasteiger partial charge < -0.3 is 10.6 Å². The van der Waals surface area contributed by atoms with E-state index in [2.05, 4.69) is 26.2 Å². The summed E-state index contributed by atoms with van der Waals surface area (Å²) >= 11 is 0. The Bertz CT molecular complexity index is 1250. The minimum absolute atomic E-state index is 0.137. The number of nitrogens with one attached hydrogen (secondary N) is 2. The summed E-state index contributed by atoms with van der Waals surface area (Å²) in [6.07, 6.45) is 1.42. The van der Waals surface area contributed by atoms with E-state index in [1.807, 2.05) is 0 Å². The van der Waals surface area contributed by atoms with E-state index in [1.165, 1.54) is 11.0 Å². The van der Waals surface area contributed by atoms with Gasteiger partial charge in [-0.1, -0.05) is 26.0 Å². The predicted octanol–water partition coefficient (Wildman–Crippen LogP) is 1.91. The molecule has 0 bridgehead atoms. The molecule has 1 atom stereocenters. The highest BCUT2D eigenvalue weighted by Gasteiger charge is 2.49. The normalized spacial score (nSPS) is 17.7. The fourth-order valence-corrected chi connectivity index (χ4v) is 3.54. The average molecular weight is 461 g/mol. The number of aromatic nitrogens is 4. The van der Waals surface area contributed by atoms with Gasteiger partial charge in [0.15, 0.2) is 5.78 Å². The Morgan fingerprint density at radius 2 is 1.85 bits per heavy atom. The number of tetrazole rings is 1. The van der Waals surface area contributed by atoms with Gasteiger partial charge in [0, 0.05) is 17.2 Å². The second-order valence-corrected chi connectivity index (χ2v) is 8.40. The highest BCUT2D eigenvalue weighted by Crippen LogP contribution is 2.30. The molecule has 4 rings (SSSR count). The van der Waals surface area contributed by atoms with Crippen molar-refractivity contribution in [2.24, 2.45) is 5.92 Å². The number of nitrogens with zero attached hydrogens (tertiary/aromatic N) is 5. The smallest absolute Gasteiger partial charge is 0.325 e. The first-order valence-corrected chi connectivity index (χ1v) is 10.6. The van der Waals surface area contributed by atoms with Crippen molar-refractivity contribution in [1.82, 2.24) is 30.4 Å². The Balaban J connectivity index is 1.49. The number of hydrogen-bond donors (Lipinski definition) is 2. The van der Waals surface area contributed by atoms with Crippen molar-refractivity contribution in [1.29, 1.82) is 0 Å². The number of urea groups is 1. The van der Waals surface area contributed by atoms with Gasteiger partial charge in [0.1, 0.15) is 11.9 Å². The third-order valence-electron chi connectivity index (χ3n) is 5.61. The van der Waals surface area contributed by atoms with Gasteiger partial charge in [-0.2, -0.15) is 0 Å². The van der Waals surface area contributed by atoms with Crippen molar-refractivity contribution < 1.29 is 19.2 Å². The van der Waals surface area contributed by atoms with Crippen molar-refractivity contribution in [3.05, 3.63) is 66.0 Å². The van der Waals surface area contributed by atoms with Crippen LogP contribution in [0, 0.1) is 5.92 Å². The van der Waals surface area contributed by atoms with Gasteiger partial charge in [-0.15, -0.1) is 5.10 Å². The van der Waals surface area contributed by atoms with Crippen molar-refractivity contribution >= 4 is 29.3 Å². The van der Waals surface area contributed by atoms with Crippen LogP contribution in [0.25, 0.3) is 5.69 Å². The first kappa shape index (κ1) is 22.8. The fraction of sp³-hybridized carbons (Fsp3) is 0.261. The Kier molecular flexibility index (Phi) is 5.93. The molecule has 2 aromatic carbocycles. The number of carbonyl (C=O) groups is 4. The van der Waals surface area contributed by atoms with E-state index in [4.69, 9.17) is 0 Å². The first-order valence-electron chi connectivity index (χ1n) is 10.6. The SMILES string of the molecule is CC(C)C(=O)Nc1ccc(C(=O)CN2C(=O)NC(C)(c3cccc(-n4cnnn4)c3)C2=O)cc1. The number of ketones is 1. The van der Waals surface area contributed by atoms with Crippen LogP contribution in [-0.4, -0.2) is 55.3 Å². The first-order chi connectivity index (χ1) is 16.2. The van der Waals surface area contributed by atoms with Gasteiger partial charge in [-0.25, -0.2) is 9.48 Å². The Hall–Kier alpha value is -4.41. The quantitative estimate of drug-likeness (QED) is 0.405. The van der Waals surface area contributed by atoms with E-state index in [1.54, 1.807) is 69.3 Å². The number of benzene rings is 2. The molecule has 174 valence electrons. The highest BCUT2D eigenvalue weighted by molar-refractivity contribution is 6.11. The average Bonchev–Trinajstić information content (AvgIpc) is 3.43. The molecule has 2 heterocycles. The molecule has 1 aliphatic rings. The van der Waals surface area contributed by atoms with E-state index < -0.39 is 29.8 Å². The minimum Gasteiger partial charge on any atom is -0.326 e. The molecular weight excluding hydrogens is 438 g/mol. The van der Waals surface area contributed by atoms with E-state index in [9.17, 15) is 19.2 Å². The van der Waals surface area contributed by atoms with Crippen LogP contribution >= 0.6 is 0 Å². The zero-order valence-corrected chi connectivity index (χ0v) is 18.8. The molecule has 3 aromatic rings. The van der Waals surface area contributed by atoms with Crippen molar-refractivity contribution in [2.45, 2.75) is 26.3 Å². The van der Waals surface area contributed by atoms with Gasteiger partial charge in [-0.05, 0) is 59.3 Å². The highest BCUT2D eigenvalue weighted by atomic mass is 16.2. The Morgan fingerprint density at radius 3 is 2.50 bits per heavy atom. The third kappa shape index (κ3) is 4.27. The van der Waals surface area contributed by atoms with Crippen LogP contribution in [0.2, 0.25) is 0 Å². The van der Waals surface area contributed by atoms with Crippen LogP contribution in [0.5, 0.6) is 0 Å². The summed E-state index contributed by atoms with van der Waals surface area (Å²) in [6.45, 7) is 4.73. The molecule has 0 saturated carbocycles. The Morgan fingerprint density at radius 1 is 1.12 bits per heavy atom. The molecule has 4 amide bonds. The van der Waals surface area contributed by atoms with E-state index >= 15 is 0 Å². The molecule has 0 radical (unpaired) electrons. The second kappa shape index (κ2) is 8.85. The molecule has 1 saturated heterocycles. The molecule has 1 aliphatic heterocycles. The number of Topliss-reactive ketones (excluding diaryl/α,β-unsaturated/α-hetero) is 1. The maximum atomic E-state index is 13.2. The Labute approximate surface area is 195 Å². The fourth-order valence-electron chi connectivity index (χ4n) is 3.54. The van der Waals surface area contributed by atoms with E-state index in [-0.39, 0.29) is 11.8 Å². The number of carbonyl (C=O) groups excluding carboxylic acids is 4. The van der Waals surface area contributed by atoms with Gasteiger partial charge >= 0.3 is 6.03 Å². The lowest BCUT2D eigenvalue weighted by atomic mass is 9.91. The van der Waals surface area contributed by atoms with E-state index in [0.29, 0.717) is 22.5 Å². The minimum atomic E-state index is -1.35. The monoisotopic (exact) mass is 461 g/mol. The number of anilines is 1. The van der Waals surface area contributed by atoms with Crippen LogP contribution < -0.4 is 10.6 Å². The molecule has 11 heteroatoms. The summed E-state index contributed by atoms with van der Waals surface area (Å²) in [7, 11) is 0. The van der Waals surface area contributed by atoms with Gasteiger partial charge in [-0.3, -0.25) is 19.3 Å². The van der Waals surface area contributed by atoms with Crippen molar-refractivity contribution in [2.75, 3.05) is 11.9 Å². The third-order valence-corrected chi connectivity index (χ3v) is 5.61. The lowest BCUT2D eigenvalue weighted by Crippen LogP contribution is -2.41. The largest absolute Gasteiger partial charge is 0.326 e.